The Labute approximate surface area is 223 Å². The number of benzene rings is 2. The lowest BCUT2D eigenvalue weighted by atomic mass is 9.99. The first-order valence-corrected chi connectivity index (χ1v) is 12.6. The second kappa shape index (κ2) is 16.0. The van der Waals surface area contributed by atoms with Crippen LogP contribution < -0.4 is 16.0 Å². The molecule has 0 saturated heterocycles. The quantitative estimate of drug-likeness (QED) is 0.152. The van der Waals surface area contributed by atoms with E-state index >= 15 is 0 Å². The minimum atomic E-state index is -1.19. The topological polar surface area (TPSA) is 134 Å². The SMILES string of the molecule is C=CCCCC(=O)OC[C@H](NC(=O)[C@H](CC=C)CC(=O)N[C@H](C)CO)C(=O)Nc1ccc2ccccc2c1. The summed E-state index contributed by atoms with van der Waals surface area (Å²) in [6.45, 7) is 8.30. The van der Waals surface area contributed by atoms with Crippen LogP contribution in [-0.4, -0.2) is 54.1 Å². The zero-order chi connectivity index (χ0) is 27.9. The number of ether oxygens (including phenoxy) is 1. The Balaban J connectivity index is 2.15. The monoisotopic (exact) mass is 523 g/mol. The van der Waals surface area contributed by atoms with Gasteiger partial charge in [0.15, 0.2) is 0 Å². The molecule has 0 radical (unpaired) electrons. The number of esters is 1. The highest BCUT2D eigenvalue weighted by atomic mass is 16.5. The van der Waals surface area contributed by atoms with E-state index in [0.717, 1.165) is 10.8 Å². The molecule has 3 amide bonds. The molecular weight excluding hydrogens is 486 g/mol. The van der Waals surface area contributed by atoms with E-state index in [1.807, 2.05) is 30.3 Å². The van der Waals surface area contributed by atoms with Crippen LogP contribution in [0, 0.1) is 5.92 Å². The van der Waals surface area contributed by atoms with E-state index in [0.29, 0.717) is 18.5 Å². The van der Waals surface area contributed by atoms with Gasteiger partial charge in [0.05, 0.1) is 12.5 Å². The van der Waals surface area contributed by atoms with Crippen LogP contribution in [0.3, 0.4) is 0 Å². The third-order valence-electron chi connectivity index (χ3n) is 5.79. The maximum atomic E-state index is 13.2. The third kappa shape index (κ3) is 10.2. The molecule has 0 bridgehead atoms. The highest BCUT2D eigenvalue weighted by Crippen LogP contribution is 2.19. The number of aliphatic hydroxyl groups excluding tert-OH is 1. The molecule has 204 valence electrons. The van der Waals surface area contributed by atoms with E-state index in [9.17, 15) is 19.2 Å². The molecular formula is C29H37N3O6. The van der Waals surface area contributed by atoms with Gasteiger partial charge in [-0.15, -0.1) is 13.2 Å². The summed E-state index contributed by atoms with van der Waals surface area (Å²) in [6, 6.07) is 11.4. The number of fused-ring (bicyclic) bond motifs is 1. The van der Waals surface area contributed by atoms with E-state index < -0.39 is 41.7 Å². The van der Waals surface area contributed by atoms with Crippen molar-refractivity contribution in [1.82, 2.24) is 10.6 Å². The molecule has 2 aromatic rings. The summed E-state index contributed by atoms with van der Waals surface area (Å²) in [5.41, 5.74) is 0.519. The molecule has 0 aliphatic heterocycles. The second-order valence-corrected chi connectivity index (χ2v) is 9.05. The number of hydrogen-bond donors (Lipinski definition) is 4. The van der Waals surface area contributed by atoms with Gasteiger partial charge < -0.3 is 25.8 Å². The van der Waals surface area contributed by atoms with Crippen LogP contribution >= 0.6 is 0 Å². The summed E-state index contributed by atoms with van der Waals surface area (Å²) >= 11 is 0. The Morgan fingerprint density at radius 2 is 1.74 bits per heavy atom. The van der Waals surface area contributed by atoms with Crippen molar-refractivity contribution in [2.45, 2.75) is 51.1 Å². The van der Waals surface area contributed by atoms with Gasteiger partial charge in [0.1, 0.15) is 12.6 Å². The van der Waals surface area contributed by atoms with Gasteiger partial charge in [-0.25, -0.2) is 0 Å². The number of amides is 3. The fourth-order valence-corrected chi connectivity index (χ4v) is 3.70. The van der Waals surface area contributed by atoms with Crippen molar-refractivity contribution in [3.8, 4) is 0 Å². The van der Waals surface area contributed by atoms with Crippen molar-refractivity contribution in [1.29, 1.82) is 0 Å². The molecule has 4 N–H and O–H groups in total. The van der Waals surface area contributed by atoms with Gasteiger partial charge in [-0.3, -0.25) is 19.2 Å². The van der Waals surface area contributed by atoms with Crippen molar-refractivity contribution in [2.75, 3.05) is 18.5 Å². The number of aliphatic hydroxyl groups is 1. The number of rotatable bonds is 16. The van der Waals surface area contributed by atoms with Crippen molar-refractivity contribution in [3.05, 3.63) is 67.8 Å². The van der Waals surface area contributed by atoms with Crippen molar-refractivity contribution >= 4 is 40.2 Å². The molecule has 0 fully saturated rings. The maximum Gasteiger partial charge on any atom is 0.305 e. The zero-order valence-electron chi connectivity index (χ0n) is 21.8. The number of carbonyl (C=O) groups excluding carboxylic acids is 4. The number of anilines is 1. The Morgan fingerprint density at radius 3 is 2.42 bits per heavy atom. The minimum absolute atomic E-state index is 0.154. The lowest BCUT2D eigenvalue weighted by Gasteiger charge is -2.22. The molecule has 0 saturated carbocycles. The molecule has 0 spiro atoms. The molecule has 3 atom stereocenters. The fraction of sp³-hybridized carbons (Fsp3) is 0.379. The van der Waals surface area contributed by atoms with Gasteiger partial charge in [-0.2, -0.15) is 0 Å². The number of unbranched alkanes of at least 4 members (excludes halogenated alkanes) is 1. The molecule has 2 rings (SSSR count). The number of hydrogen-bond acceptors (Lipinski definition) is 6. The van der Waals surface area contributed by atoms with Gasteiger partial charge in [0.25, 0.3) is 5.91 Å². The van der Waals surface area contributed by atoms with Crippen molar-refractivity contribution < 1.29 is 29.0 Å². The number of nitrogens with one attached hydrogen (secondary N) is 3. The van der Waals surface area contributed by atoms with Gasteiger partial charge in [-0.1, -0.05) is 42.5 Å². The normalized spacial score (nSPS) is 13.0. The summed E-state index contributed by atoms with van der Waals surface area (Å²) in [6.07, 6.45) is 4.60. The predicted molar refractivity (Wildman–Crippen MR) is 147 cm³/mol. The van der Waals surface area contributed by atoms with Crippen LogP contribution in [0.25, 0.3) is 10.8 Å². The van der Waals surface area contributed by atoms with E-state index in [1.165, 1.54) is 6.08 Å². The van der Waals surface area contributed by atoms with E-state index in [4.69, 9.17) is 9.84 Å². The smallest absolute Gasteiger partial charge is 0.305 e. The predicted octanol–water partition coefficient (Wildman–Crippen LogP) is 3.24. The summed E-state index contributed by atoms with van der Waals surface area (Å²) in [5, 5.41) is 19.1. The van der Waals surface area contributed by atoms with Crippen molar-refractivity contribution in [3.63, 3.8) is 0 Å². The van der Waals surface area contributed by atoms with Gasteiger partial charge >= 0.3 is 5.97 Å². The first-order chi connectivity index (χ1) is 18.3. The van der Waals surface area contributed by atoms with Crippen LogP contribution in [0.1, 0.15) is 39.0 Å². The molecule has 0 heterocycles. The highest BCUT2D eigenvalue weighted by molar-refractivity contribution is 5.99. The molecule has 0 unspecified atom stereocenters. The highest BCUT2D eigenvalue weighted by Gasteiger charge is 2.28. The fourth-order valence-electron chi connectivity index (χ4n) is 3.70. The Kier molecular flexibility index (Phi) is 12.7. The van der Waals surface area contributed by atoms with E-state index in [1.54, 1.807) is 25.1 Å². The summed E-state index contributed by atoms with van der Waals surface area (Å²) in [4.78, 5) is 50.8. The molecule has 2 aromatic carbocycles. The van der Waals surface area contributed by atoms with Crippen LogP contribution in [0.4, 0.5) is 5.69 Å². The summed E-state index contributed by atoms with van der Waals surface area (Å²) in [7, 11) is 0. The largest absolute Gasteiger partial charge is 0.463 e. The first-order valence-electron chi connectivity index (χ1n) is 12.6. The Morgan fingerprint density at radius 1 is 1.00 bits per heavy atom. The van der Waals surface area contributed by atoms with Crippen LogP contribution in [-0.2, 0) is 23.9 Å². The summed E-state index contributed by atoms with van der Waals surface area (Å²) < 4.78 is 5.29. The van der Waals surface area contributed by atoms with Crippen LogP contribution in [0.15, 0.2) is 67.8 Å². The Hall–Kier alpha value is -3.98. The molecule has 0 aliphatic carbocycles. The van der Waals surface area contributed by atoms with Gasteiger partial charge in [-0.05, 0) is 49.1 Å². The van der Waals surface area contributed by atoms with Crippen molar-refractivity contribution in [2.24, 2.45) is 5.92 Å². The average molecular weight is 524 g/mol. The molecule has 9 nitrogen and oxygen atoms in total. The van der Waals surface area contributed by atoms with Crippen LogP contribution in [0.5, 0.6) is 0 Å². The maximum absolute atomic E-state index is 13.2. The third-order valence-corrected chi connectivity index (χ3v) is 5.79. The first kappa shape index (κ1) is 30.2. The molecule has 0 aromatic heterocycles. The summed E-state index contributed by atoms with van der Waals surface area (Å²) in [5.74, 6) is -2.84. The minimum Gasteiger partial charge on any atom is -0.463 e. The van der Waals surface area contributed by atoms with Crippen LogP contribution in [0.2, 0.25) is 0 Å². The standard InChI is InChI=1S/C29H37N3O6/c1-4-6-7-13-27(35)38-19-25(29(37)31-24-15-14-21-11-8-9-12-22(21)16-24)32-28(36)23(10-5-2)17-26(34)30-20(3)18-33/h4-5,8-9,11-12,14-16,20,23,25,33H,1-2,6-7,10,13,17-19H2,3H3,(H,30,34)(H,31,37)(H,32,36)/t20-,23-,25+/m1/s1. The number of carbonyl (C=O) groups is 4. The Bertz CT molecular complexity index is 1130. The van der Waals surface area contributed by atoms with Gasteiger partial charge in [0.2, 0.25) is 11.8 Å². The lowest BCUT2D eigenvalue weighted by molar-refractivity contribution is -0.146. The lowest BCUT2D eigenvalue weighted by Crippen LogP contribution is -2.49. The van der Waals surface area contributed by atoms with E-state index in [-0.39, 0.29) is 32.5 Å². The second-order valence-electron chi connectivity index (χ2n) is 9.05. The molecule has 38 heavy (non-hydrogen) atoms. The molecule has 9 heteroatoms. The molecule has 0 aliphatic rings. The number of allylic oxidation sites excluding steroid dienone is 2. The van der Waals surface area contributed by atoms with E-state index in [2.05, 4.69) is 29.1 Å². The van der Waals surface area contributed by atoms with Gasteiger partial charge in [0, 0.05) is 24.6 Å². The zero-order valence-corrected chi connectivity index (χ0v) is 21.8. The average Bonchev–Trinajstić information content (AvgIpc) is 2.90.